The lowest BCUT2D eigenvalue weighted by atomic mass is 9.82. The van der Waals surface area contributed by atoms with E-state index in [-0.39, 0.29) is 11.8 Å². The molecule has 2 aliphatic rings. The van der Waals surface area contributed by atoms with Crippen LogP contribution in [0.2, 0.25) is 0 Å². The van der Waals surface area contributed by atoms with Crippen LogP contribution in [-0.4, -0.2) is 46.5 Å². The van der Waals surface area contributed by atoms with E-state index >= 15 is 0 Å². The predicted molar refractivity (Wildman–Crippen MR) is 115 cm³/mol. The molecule has 0 bridgehead atoms. The van der Waals surface area contributed by atoms with Crippen molar-refractivity contribution in [3.63, 3.8) is 0 Å². The van der Waals surface area contributed by atoms with Crippen molar-refractivity contribution in [2.75, 3.05) is 19.6 Å². The molecule has 2 aromatic carbocycles. The monoisotopic (exact) mass is 403 g/mol. The number of carbonyl (C=O) groups excluding carboxylic acids is 2. The summed E-state index contributed by atoms with van der Waals surface area (Å²) >= 11 is 0. The first-order valence-electron chi connectivity index (χ1n) is 10.5. The number of benzene rings is 2. The van der Waals surface area contributed by atoms with E-state index in [0.717, 1.165) is 6.54 Å². The maximum Gasteiger partial charge on any atom is 0.317 e. The van der Waals surface area contributed by atoms with Crippen LogP contribution in [0.25, 0.3) is 10.9 Å². The van der Waals surface area contributed by atoms with E-state index in [1.165, 1.54) is 10.9 Å². The number of para-hydroxylation sites is 2. The van der Waals surface area contributed by atoms with Crippen LogP contribution in [0.1, 0.15) is 29.6 Å². The topological polar surface area (TPSA) is 63.6 Å². The minimum atomic E-state index is -0.480. The summed E-state index contributed by atoms with van der Waals surface area (Å²) in [5, 5.41) is 4.23. The fourth-order valence-corrected chi connectivity index (χ4v) is 4.57. The fourth-order valence-electron chi connectivity index (χ4n) is 4.57. The van der Waals surface area contributed by atoms with Crippen molar-refractivity contribution in [1.82, 2.24) is 14.8 Å². The summed E-state index contributed by atoms with van der Waals surface area (Å²) in [5.41, 5.74) is 1.36. The summed E-state index contributed by atoms with van der Waals surface area (Å²) in [4.78, 5) is 27.0. The highest BCUT2D eigenvalue weighted by molar-refractivity contribution is 6.00. The molecule has 3 heterocycles. The number of fused-ring (bicyclic) bond motifs is 2. The van der Waals surface area contributed by atoms with E-state index < -0.39 is 5.60 Å². The van der Waals surface area contributed by atoms with Gasteiger partial charge in [0.15, 0.2) is 5.78 Å². The van der Waals surface area contributed by atoms with E-state index in [0.29, 0.717) is 50.2 Å². The van der Waals surface area contributed by atoms with Gasteiger partial charge in [0.25, 0.3) is 0 Å². The van der Waals surface area contributed by atoms with Crippen molar-refractivity contribution in [2.24, 2.45) is 0 Å². The van der Waals surface area contributed by atoms with Gasteiger partial charge in [0.1, 0.15) is 11.4 Å². The van der Waals surface area contributed by atoms with Crippen LogP contribution >= 0.6 is 0 Å². The quantitative estimate of drug-likeness (QED) is 0.723. The van der Waals surface area contributed by atoms with E-state index in [1.807, 2.05) is 41.3 Å². The third kappa shape index (κ3) is 3.43. The number of rotatable bonds is 3. The molecule has 0 saturated carbocycles. The van der Waals surface area contributed by atoms with Crippen LogP contribution in [-0.2, 0) is 6.54 Å². The number of hydrogen-bond donors (Lipinski definition) is 1. The number of Topliss-reactive ketones (excluding diaryl/α,β-unsaturated/α-hetero) is 1. The Labute approximate surface area is 175 Å². The highest BCUT2D eigenvalue weighted by Crippen LogP contribution is 2.39. The molecule has 1 fully saturated rings. The van der Waals surface area contributed by atoms with Crippen LogP contribution in [0, 0.1) is 0 Å². The lowest BCUT2D eigenvalue weighted by Crippen LogP contribution is -2.54. The smallest absolute Gasteiger partial charge is 0.317 e. The van der Waals surface area contributed by atoms with Crippen LogP contribution < -0.4 is 10.1 Å². The van der Waals surface area contributed by atoms with Crippen molar-refractivity contribution in [2.45, 2.75) is 31.4 Å². The third-order valence-electron chi connectivity index (χ3n) is 6.27. The normalized spacial score (nSPS) is 17.6. The number of ether oxygens (including phenoxy) is 1. The molecular formula is C24H25N3O3. The summed E-state index contributed by atoms with van der Waals surface area (Å²) in [6.07, 6.45) is 3.78. The Hall–Kier alpha value is -3.28. The minimum absolute atomic E-state index is 0.0520. The standard InChI is InChI=1S/C24H25N3O3/c28-21-17-24(30-22-8-4-2-6-19(21)22)10-14-27(15-11-24)23(29)25-12-16-26-13-9-18-5-1-3-7-20(18)26/h1-9,13H,10-12,14-17H2,(H,25,29). The van der Waals surface area contributed by atoms with E-state index in [2.05, 4.69) is 34.3 Å². The number of nitrogens with one attached hydrogen (secondary N) is 1. The number of nitrogens with zero attached hydrogens (tertiary/aromatic N) is 2. The number of carbonyl (C=O) groups is 2. The Bertz CT molecular complexity index is 1100. The maximum atomic E-state index is 12.6. The molecule has 2 amide bonds. The lowest BCUT2D eigenvalue weighted by Gasteiger charge is -2.43. The number of piperidine rings is 1. The zero-order valence-electron chi connectivity index (χ0n) is 16.8. The number of ketones is 1. The summed E-state index contributed by atoms with van der Waals surface area (Å²) in [5.74, 6) is 0.805. The van der Waals surface area contributed by atoms with Gasteiger partial charge in [-0.15, -0.1) is 0 Å². The Morgan fingerprint density at radius 2 is 1.80 bits per heavy atom. The van der Waals surface area contributed by atoms with Gasteiger partial charge in [-0.3, -0.25) is 4.79 Å². The van der Waals surface area contributed by atoms with Crippen LogP contribution in [0.15, 0.2) is 60.8 Å². The summed E-state index contributed by atoms with van der Waals surface area (Å²) in [6.45, 7) is 2.48. The molecule has 2 aliphatic heterocycles. The van der Waals surface area contributed by atoms with Crippen molar-refractivity contribution < 1.29 is 14.3 Å². The largest absolute Gasteiger partial charge is 0.486 e. The van der Waals surface area contributed by atoms with Crippen molar-refractivity contribution in [3.05, 3.63) is 66.4 Å². The highest BCUT2D eigenvalue weighted by Gasteiger charge is 2.43. The van der Waals surface area contributed by atoms with Gasteiger partial charge in [0, 0.05) is 50.7 Å². The minimum Gasteiger partial charge on any atom is -0.486 e. The number of amides is 2. The number of likely N-dealkylation sites (tertiary alicyclic amines) is 1. The van der Waals surface area contributed by atoms with Gasteiger partial charge < -0.3 is 19.5 Å². The van der Waals surface area contributed by atoms with Crippen molar-refractivity contribution in [1.29, 1.82) is 0 Å². The van der Waals surface area contributed by atoms with Gasteiger partial charge in [-0.25, -0.2) is 4.79 Å². The molecule has 5 rings (SSSR count). The molecule has 30 heavy (non-hydrogen) atoms. The Balaban J connectivity index is 1.15. The molecule has 154 valence electrons. The molecule has 6 nitrogen and oxygen atoms in total. The molecule has 0 radical (unpaired) electrons. The summed E-state index contributed by atoms with van der Waals surface area (Å²) < 4.78 is 8.40. The molecule has 0 atom stereocenters. The SMILES string of the molecule is O=C1CC2(CCN(C(=O)NCCn3ccc4ccccc43)CC2)Oc2ccccc21. The Kier molecular flexibility index (Phi) is 4.69. The van der Waals surface area contributed by atoms with Gasteiger partial charge in [-0.1, -0.05) is 30.3 Å². The van der Waals surface area contributed by atoms with Gasteiger partial charge in [-0.2, -0.15) is 0 Å². The second kappa shape index (κ2) is 7.52. The molecule has 0 unspecified atom stereocenters. The third-order valence-corrected chi connectivity index (χ3v) is 6.27. The zero-order chi connectivity index (χ0) is 20.6. The second-order valence-electron chi connectivity index (χ2n) is 8.17. The van der Waals surface area contributed by atoms with Crippen molar-refractivity contribution in [3.8, 4) is 5.75 Å². The molecule has 1 saturated heterocycles. The van der Waals surface area contributed by atoms with E-state index in [9.17, 15) is 9.59 Å². The maximum absolute atomic E-state index is 12.6. The zero-order valence-corrected chi connectivity index (χ0v) is 16.8. The second-order valence-corrected chi connectivity index (χ2v) is 8.17. The first kappa shape index (κ1) is 18.7. The molecule has 1 spiro atoms. The summed E-state index contributed by atoms with van der Waals surface area (Å²) in [6, 6.07) is 17.7. The van der Waals surface area contributed by atoms with Gasteiger partial charge >= 0.3 is 6.03 Å². The summed E-state index contributed by atoms with van der Waals surface area (Å²) in [7, 11) is 0. The molecule has 1 N–H and O–H groups in total. The number of aromatic nitrogens is 1. The molecule has 1 aromatic heterocycles. The molecule has 3 aromatic rings. The average molecular weight is 403 g/mol. The molecule has 0 aliphatic carbocycles. The Morgan fingerprint density at radius 3 is 2.67 bits per heavy atom. The van der Waals surface area contributed by atoms with Crippen LogP contribution in [0.4, 0.5) is 4.79 Å². The van der Waals surface area contributed by atoms with E-state index in [4.69, 9.17) is 4.74 Å². The lowest BCUT2D eigenvalue weighted by molar-refractivity contribution is -0.000664. The molecule has 6 heteroatoms. The van der Waals surface area contributed by atoms with Crippen LogP contribution in [0.3, 0.4) is 0 Å². The Morgan fingerprint density at radius 1 is 1.03 bits per heavy atom. The van der Waals surface area contributed by atoms with Gasteiger partial charge in [0.2, 0.25) is 0 Å². The van der Waals surface area contributed by atoms with Gasteiger partial charge in [0.05, 0.1) is 12.0 Å². The molecular weight excluding hydrogens is 378 g/mol. The fraction of sp³-hybridized carbons (Fsp3) is 0.333. The van der Waals surface area contributed by atoms with Crippen molar-refractivity contribution >= 4 is 22.7 Å². The number of hydrogen-bond acceptors (Lipinski definition) is 3. The first-order valence-corrected chi connectivity index (χ1v) is 10.5. The first-order chi connectivity index (χ1) is 14.6. The van der Waals surface area contributed by atoms with Crippen LogP contribution in [0.5, 0.6) is 5.75 Å². The highest BCUT2D eigenvalue weighted by atomic mass is 16.5. The van der Waals surface area contributed by atoms with E-state index in [1.54, 1.807) is 0 Å². The number of urea groups is 1. The average Bonchev–Trinajstić information content (AvgIpc) is 3.17. The van der Waals surface area contributed by atoms with Gasteiger partial charge in [-0.05, 0) is 29.7 Å². The predicted octanol–water partition coefficient (Wildman–Crippen LogP) is 3.85.